The zero-order valence-corrected chi connectivity index (χ0v) is 20.7. The minimum Gasteiger partial charge on any atom is -0.468 e. The number of nitrogens with zero attached hydrogens (tertiary/aromatic N) is 3. The third-order valence-electron chi connectivity index (χ3n) is 5.76. The highest BCUT2D eigenvalue weighted by atomic mass is 32.2. The van der Waals surface area contributed by atoms with Crippen molar-refractivity contribution < 1.29 is 17.6 Å². The molecule has 182 valence electrons. The quantitative estimate of drug-likeness (QED) is 0.379. The molecule has 0 radical (unpaired) electrons. The molecule has 35 heavy (non-hydrogen) atoms. The standard InChI is InChI=1S/C26H28N4O4S/c1-19-26(35(32,33)29(3)17-23-13-9-15-34-23)20(2)30(28-19)18-25(31)27-24-14-8-7-12-22(24)16-21-10-5-4-6-11-21/h4-15H,16-18H2,1-3H3,(H,27,31). The molecule has 0 spiro atoms. The summed E-state index contributed by atoms with van der Waals surface area (Å²) in [6, 6.07) is 21.1. The molecule has 0 aliphatic carbocycles. The fraction of sp³-hybridized carbons (Fsp3) is 0.231. The number of sulfonamides is 1. The highest BCUT2D eigenvalue weighted by Crippen LogP contribution is 2.25. The highest BCUT2D eigenvalue weighted by molar-refractivity contribution is 7.89. The van der Waals surface area contributed by atoms with Crippen LogP contribution in [0.4, 0.5) is 5.69 Å². The molecule has 1 N–H and O–H groups in total. The van der Waals surface area contributed by atoms with Crippen LogP contribution in [0.5, 0.6) is 0 Å². The molecule has 9 heteroatoms. The minimum atomic E-state index is -3.83. The Labute approximate surface area is 205 Å². The number of furan rings is 1. The fourth-order valence-corrected chi connectivity index (χ4v) is 5.51. The van der Waals surface area contributed by atoms with Crippen molar-refractivity contribution in [2.45, 2.75) is 38.3 Å². The van der Waals surface area contributed by atoms with E-state index >= 15 is 0 Å². The molecule has 2 heterocycles. The van der Waals surface area contributed by atoms with E-state index in [1.807, 2.05) is 54.6 Å². The first-order valence-corrected chi connectivity index (χ1v) is 12.6. The van der Waals surface area contributed by atoms with Crippen LogP contribution in [0.1, 0.15) is 28.3 Å². The molecule has 1 amide bonds. The Morgan fingerprint density at radius 2 is 1.74 bits per heavy atom. The molecule has 0 unspecified atom stereocenters. The Hall–Kier alpha value is -3.69. The predicted molar refractivity (Wildman–Crippen MR) is 133 cm³/mol. The molecule has 2 aromatic heterocycles. The number of para-hydroxylation sites is 1. The van der Waals surface area contributed by atoms with Crippen molar-refractivity contribution in [3.63, 3.8) is 0 Å². The Kier molecular flexibility index (Phi) is 7.18. The van der Waals surface area contributed by atoms with Gasteiger partial charge < -0.3 is 9.73 Å². The highest BCUT2D eigenvalue weighted by Gasteiger charge is 2.29. The minimum absolute atomic E-state index is 0.0953. The molecule has 0 atom stereocenters. The SMILES string of the molecule is Cc1nn(CC(=O)Nc2ccccc2Cc2ccccc2)c(C)c1S(=O)(=O)N(C)Cc1ccco1. The van der Waals surface area contributed by atoms with Gasteiger partial charge >= 0.3 is 0 Å². The van der Waals surface area contributed by atoms with Crippen LogP contribution in [0.2, 0.25) is 0 Å². The van der Waals surface area contributed by atoms with Crippen molar-refractivity contribution in [3.8, 4) is 0 Å². The number of hydrogen-bond donors (Lipinski definition) is 1. The summed E-state index contributed by atoms with van der Waals surface area (Å²) in [5.74, 6) is 0.247. The maximum atomic E-state index is 13.2. The first-order valence-electron chi connectivity index (χ1n) is 11.2. The van der Waals surface area contributed by atoms with Gasteiger partial charge in [-0.25, -0.2) is 8.42 Å². The van der Waals surface area contributed by atoms with Crippen LogP contribution < -0.4 is 5.32 Å². The fourth-order valence-electron chi connectivity index (χ4n) is 4.01. The summed E-state index contributed by atoms with van der Waals surface area (Å²) < 4.78 is 34.4. The number of aromatic nitrogens is 2. The summed E-state index contributed by atoms with van der Waals surface area (Å²) in [7, 11) is -2.34. The van der Waals surface area contributed by atoms with Gasteiger partial charge in [0.15, 0.2) is 0 Å². The van der Waals surface area contributed by atoms with E-state index in [0.29, 0.717) is 29.3 Å². The molecule has 0 saturated heterocycles. The van der Waals surface area contributed by atoms with Crippen LogP contribution in [0, 0.1) is 13.8 Å². The average molecular weight is 493 g/mol. The smallest absolute Gasteiger partial charge is 0.246 e. The van der Waals surface area contributed by atoms with E-state index in [9.17, 15) is 13.2 Å². The maximum Gasteiger partial charge on any atom is 0.246 e. The summed E-state index contributed by atoms with van der Waals surface area (Å²) in [5.41, 5.74) is 3.59. The molecule has 8 nitrogen and oxygen atoms in total. The van der Waals surface area contributed by atoms with Gasteiger partial charge in [-0.05, 0) is 49.6 Å². The van der Waals surface area contributed by atoms with Gasteiger partial charge in [0.2, 0.25) is 15.9 Å². The van der Waals surface area contributed by atoms with E-state index in [2.05, 4.69) is 10.4 Å². The number of rotatable bonds is 9. The second-order valence-electron chi connectivity index (χ2n) is 8.37. The van der Waals surface area contributed by atoms with Crippen LogP contribution in [-0.2, 0) is 34.3 Å². The largest absolute Gasteiger partial charge is 0.468 e. The summed E-state index contributed by atoms with van der Waals surface area (Å²) in [4.78, 5) is 13.0. The van der Waals surface area contributed by atoms with E-state index in [0.717, 1.165) is 11.1 Å². The van der Waals surface area contributed by atoms with E-state index < -0.39 is 10.0 Å². The van der Waals surface area contributed by atoms with Crippen LogP contribution in [-0.4, -0.2) is 35.5 Å². The van der Waals surface area contributed by atoms with Crippen LogP contribution in [0.3, 0.4) is 0 Å². The van der Waals surface area contributed by atoms with Gasteiger partial charge in [0.1, 0.15) is 17.2 Å². The molecule has 4 aromatic rings. The van der Waals surface area contributed by atoms with Gasteiger partial charge in [-0.2, -0.15) is 9.40 Å². The molecule has 0 aliphatic heterocycles. The molecular weight excluding hydrogens is 464 g/mol. The second-order valence-corrected chi connectivity index (χ2v) is 10.3. The lowest BCUT2D eigenvalue weighted by atomic mass is 10.0. The topological polar surface area (TPSA) is 97.4 Å². The summed E-state index contributed by atoms with van der Waals surface area (Å²) >= 11 is 0. The Morgan fingerprint density at radius 1 is 1.03 bits per heavy atom. The number of benzene rings is 2. The lowest BCUT2D eigenvalue weighted by Gasteiger charge is -2.16. The van der Waals surface area contributed by atoms with Crippen molar-refractivity contribution in [2.24, 2.45) is 0 Å². The third-order valence-corrected chi connectivity index (χ3v) is 7.82. The third kappa shape index (κ3) is 5.52. The number of amides is 1. The number of nitrogens with one attached hydrogen (secondary N) is 1. The zero-order valence-electron chi connectivity index (χ0n) is 19.9. The average Bonchev–Trinajstić information content (AvgIpc) is 3.43. The number of carbonyl (C=O) groups excluding carboxylic acids is 1. The lowest BCUT2D eigenvalue weighted by molar-refractivity contribution is -0.116. The Balaban J connectivity index is 1.50. The molecular formula is C26H28N4O4S. The second kappa shape index (κ2) is 10.3. The van der Waals surface area contributed by atoms with Crippen LogP contribution in [0.25, 0.3) is 0 Å². The summed E-state index contributed by atoms with van der Waals surface area (Å²) in [5, 5.41) is 7.31. The zero-order chi connectivity index (χ0) is 25.0. The van der Waals surface area contributed by atoms with Gasteiger partial charge in [0.25, 0.3) is 0 Å². The lowest BCUT2D eigenvalue weighted by Crippen LogP contribution is -2.27. The van der Waals surface area contributed by atoms with Crippen LogP contribution >= 0.6 is 0 Å². The van der Waals surface area contributed by atoms with E-state index in [1.54, 1.807) is 26.0 Å². The van der Waals surface area contributed by atoms with Crippen LogP contribution in [0.15, 0.2) is 82.3 Å². The van der Waals surface area contributed by atoms with Crippen molar-refractivity contribution in [1.82, 2.24) is 14.1 Å². The van der Waals surface area contributed by atoms with Gasteiger partial charge in [-0.15, -0.1) is 0 Å². The van der Waals surface area contributed by atoms with Gasteiger partial charge in [0.05, 0.1) is 24.2 Å². The number of carbonyl (C=O) groups is 1. The summed E-state index contributed by atoms with van der Waals surface area (Å²) in [6.45, 7) is 3.27. The Morgan fingerprint density at radius 3 is 2.46 bits per heavy atom. The van der Waals surface area contributed by atoms with E-state index in [4.69, 9.17) is 4.42 Å². The van der Waals surface area contributed by atoms with E-state index in [-0.39, 0.29) is 23.9 Å². The molecule has 4 rings (SSSR count). The number of hydrogen-bond acceptors (Lipinski definition) is 5. The van der Waals surface area contributed by atoms with E-state index in [1.165, 1.54) is 22.3 Å². The summed E-state index contributed by atoms with van der Waals surface area (Å²) in [6.07, 6.45) is 2.18. The van der Waals surface area contributed by atoms with Gasteiger partial charge in [-0.3, -0.25) is 9.48 Å². The van der Waals surface area contributed by atoms with Crippen molar-refractivity contribution in [1.29, 1.82) is 0 Å². The first kappa shape index (κ1) is 24.4. The van der Waals surface area contributed by atoms with Crippen molar-refractivity contribution >= 4 is 21.6 Å². The monoisotopic (exact) mass is 492 g/mol. The predicted octanol–water partition coefficient (Wildman–Crippen LogP) is 4.14. The molecule has 0 bridgehead atoms. The number of aryl methyl sites for hydroxylation is 1. The molecule has 0 aliphatic rings. The molecule has 2 aromatic carbocycles. The molecule has 0 saturated carbocycles. The number of anilines is 1. The van der Waals surface area contributed by atoms with Crippen molar-refractivity contribution in [3.05, 3.63) is 101 Å². The van der Waals surface area contributed by atoms with Gasteiger partial charge in [0, 0.05) is 12.7 Å². The van der Waals surface area contributed by atoms with Gasteiger partial charge in [-0.1, -0.05) is 48.5 Å². The maximum absolute atomic E-state index is 13.2. The molecule has 0 fully saturated rings. The van der Waals surface area contributed by atoms with Crippen molar-refractivity contribution in [2.75, 3.05) is 12.4 Å². The Bertz CT molecular complexity index is 1410. The first-order chi connectivity index (χ1) is 16.8. The normalized spacial score (nSPS) is 11.7.